The van der Waals surface area contributed by atoms with Gasteiger partial charge in [0.2, 0.25) is 0 Å². The molecule has 0 fully saturated rings. The smallest absolute Gasteiger partial charge is 0.0412 e. The Kier molecular flexibility index (Phi) is 3.27. The lowest BCUT2D eigenvalue weighted by molar-refractivity contribution is 0.562. The first-order valence-corrected chi connectivity index (χ1v) is 5.91. The molecular weight excluding hydrogens is 184 g/mol. The summed E-state index contributed by atoms with van der Waals surface area (Å²) in [7, 11) is 0. The molecular formula is C13H20N2. The van der Waals surface area contributed by atoms with Crippen LogP contribution < -0.4 is 10.6 Å². The minimum absolute atomic E-state index is 0.527. The molecule has 0 saturated carbocycles. The molecule has 2 N–H and O–H groups in total. The van der Waals surface area contributed by atoms with E-state index in [4.69, 9.17) is 5.73 Å². The Bertz CT molecular complexity index is 322. The van der Waals surface area contributed by atoms with Crippen molar-refractivity contribution in [2.45, 2.75) is 32.2 Å². The molecule has 0 amide bonds. The van der Waals surface area contributed by atoms with E-state index in [0.717, 1.165) is 13.1 Å². The summed E-state index contributed by atoms with van der Waals surface area (Å²) in [6.07, 6.45) is 3.59. The minimum Gasteiger partial charge on any atom is -0.367 e. The Balaban J connectivity index is 2.18. The monoisotopic (exact) mass is 204 g/mol. The lowest BCUT2D eigenvalue weighted by Crippen LogP contribution is -2.39. The number of anilines is 1. The Morgan fingerprint density at radius 1 is 1.40 bits per heavy atom. The van der Waals surface area contributed by atoms with E-state index in [1.165, 1.54) is 30.5 Å². The van der Waals surface area contributed by atoms with Gasteiger partial charge in [0.1, 0.15) is 0 Å². The van der Waals surface area contributed by atoms with Gasteiger partial charge in [0.15, 0.2) is 0 Å². The van der Waals surface area contributed by atoms with E-state index in [2.05, 4.69) is 36.1 Å². The summed E-state index contributed by atoms with van der Waals surface area (Å²) in [5.41, 5.74) is 8.74. The van der Waals surface area contributed by atoms with E-state index >= 15 is 0 Å². The quantitative estimate of drug-likeness (QED) is 0.814. The summed E-state index contributed by atoms with van der Waals surface area (Å²) in [5.74, 6) is 0. The number of benzene rings is 1. The van der Waals surface area contributed by atoms with Crippen LogP contribution in [0.2, 0.25) is 0 Å². The van der Waals surface area contributed by atoms with Crippen molar-refractivity contribution in [3.8, 4) is 0 Å². The predicted octanol–water partition coefficient (Wildman–Crippen LogP) is 2.18. The molecule has 2 heteroatoms. The van der Waals surface area contributed by atoms with Crippen molar-refractivity contribution in [1.82, 2.24) is 0 Å². The molecule has 1 heterocycles. The highest BCUT2D eigenvalue weighted by Gasteiger charge is 2.23. The number of fused-ring (bicyclic) bond motifs is 1. The molecule has 0 saturated heterocycles. The van der Waals surface area contributed by atoms with E-state index in [1.54, 1.807) is 0 Å². The summed E-state index contributed by atoms with van der Waals surface area (Å²) < 4.78 is 0. The zero-order chi connectivity index (χ0) is 10.7. The highest BCUT2D eigenvalue weighted by Crippen LogP contribution is 2.29. The van der Waals surface area contributed by atoms with Gasteiger partial charge < -0.3 is 10.6 Å². The Hall–Kier alpha value is -1.02. The topological polar surface area (TPSA) is 29.3 Å². The zero-order valence-electron chi connectivity index (χ0n) is 9.45. The van der Waals surface area contributed by atoms with Crippen LogP contribution >= 0.6 is 0 Å². The molecule has 0 bridgehead atoms. The third-order valence-electron chi connectivity index (χ3n) is 3.26. The second-order valence-corrected chi connectivity index (χ2v) is 4.25. The van der Waals surface area contributed by atoms with Gasteiger partial charge in [0, 0.05) is 24.8 Å². The van der Waals surface area contributed by atoms with Gasteiger partial charge in [-0.3, -0.25) is 0 Å². The molecule has 0 radical (unpaired) electrons. The van der Waals surface area contributed by atoms with Gasteiger partial charge in [-0.2, -0.15) is 0 Å². The minimum atomic E-state index is 0.527. The van der Waals surface area contributed by atoms with Gasteiger partial charge in [-0.15, -0.1) is 0 Å². The number of nitrogens with zero attached hydrogens (tertiary/aromatic N) is 1. The van der Waals surface area contributed by atoms with Crippen LogP contribution in [0.4, 0.5) is 5.69 Å². The molecule has 0 aromatic heterocycles. The second kappa shape index (κ2) is 4.67. The fraction of sp³-hybridized carbons (Fsp3) is 0.538. The second-order valence-electron chi connectivity index (χ2n) is 4.25. The zero-order valence-corrected chi connectivity index (χ0v) is 9.45. The fourth-order valence-electron chi connectivity index (χ4n) is 2.48. The maximum Gasteiger partial charge on any atom is 0.0412 e. The van der Waals surface area contributed by atoms with Crippen molar-refractivity contribution in [2.24, 2.45) is 5.73 Å². The van der Waals surface area contributed by atoms with Gasteiger partial charge in [0.25, 0.3) is 0 Å². The molecule has 1 aliphatic rings. The average Bonchev–Trinajstić information content (AvgIpc) is 2.70. The van der Waals surface area contributed by atoms with Crippen molar-refractivity contribution >= 4 is 5.69 Å². The third-order valence-corrected chi connectivity index (χ3v) is 3.26. The van der Waals surface area contributed by atoms with E-state index in [0.29, 0.717) is 6.04 Å². The normalized spacial score (nSPS) is 16.5. The molecule has 82 valence electrons. The Labute approximate surface area is 92.1 Å². The molecule has 1 unspecified atom stereocenters. The van der Waals surface area contributed by atoms with Crippen LogP contribution in [0.15, 0.2) is 24.3 Å². The van der Waals surface area contributed by atoms with Gasteiger partial charge >= 0.3 is 0 Å². The van der Waals surface area contributed by atoms with Crippen molar-refractivity contribution in [3.63, 3.8) is 0 Å². The van der Waals surface area contributed by atoms with Crippen molar-refractivity contribution < 1.29 is 0 Å². The number of para-hydroxylation sites is 1. The molecule has 0 spiro atoms. The van der Waals surface area contributed by atoms with Gasteiger partial charge in [-0.05, 0) is 24.5 Å². The molecule has 1 aromatic carbocycles. The standard InChI is InChI=1S/C13H20N2/c1-2-5-12(10-14)15-9-8-11-6-3-4-7-13(11)15/h3-4,6-7,12H,2,5,8-10,14H2,1H3. The summed E-state index contributed by atoms with van der Waals surface area (Å²) in [6, 6.07) is 9.23. The van der Waals surface area contributed by atoms with E-state index in [1.807, 2.05) is 0 Å². The first-order valence-electron chi connectivity index (χ1n) is 5.91. The Morgan fingerprint density at radius 3 is 2.93 bits per heavy atom. The first-order chi connectivity index (χ1) is 7.36. The summed E-state index contributed by atoms with van der Waals surface area (Å²) >= 11 is 0. The highest BCUT2D eigenvalue weighted by molar-refractivity contribution is 5.58. The van der Waals surface area contributed by atoms with Crippen LogP contribution in [0.3, 0.4) is 0 Å². The molecule has 1 aromatic rings. The lowest BCUT2D eigenvalue weighted by Gasteiger charge is -2.29. The molecule has 1 aliphatic heterocycles. The molecule has 2 rings (SSSR count). The molecule has 2 nitrogen and oxygen atoms in total. The lowest BCUT2D eigenvalue weighted by atomic mass is 10.1. The predicted molar refractivity (Wildman–Crippen MR) is 65.2 cm³/mol. The maximum absolute atomic E-state index is 5.85. The van der Waals surface area contributed by atoms with Gasteiger partial charge in [-0.1, -0.05) is 31.5 Å². The fourth-order valence-corrected chi connectivity index (χ4v) is 2.48. The van der Waals surface area contributed by atoms with Crippen LogP contribution in [0.25, 0.3) is 0 Å². The molecule has 0 aliphatic carbocycles. The van der Waals surface area contributed by atoms with E-state index in [9.17, 15) is 0 Å². The average molecular weight is 204 g/mol. The number of hydrogen-bond donors (Lipinski definition) is 1. The number of rotatable bonds is 4. The maximum atomic E-state index is 5.85. The van der Waals surface area contributed by atoms with Crippen LogP contribution in [0.5, 0.6) is 0 Å². The summed E-state index contributed by atoms with van der Waals surface area (Å²) in [5, 5.41) is 0. The van der Waals surface area contributed by atoms with Crippen molar-refractivity contribution in [2.75, 3.05) is 18.0 Å². The van der Waals surface area contributed by atoms with Crippen LogP contribution in [-0.2, 0) is 6.42 Å². The first kappa shape index (κ1) is 10.5. The largest absolute Gasteiger partial charge is 0.367 e. The van der Waals surface area contributed by atoms with Gasteiger partial charge in [0.05, 0.1) is 0 Å². The SMILES string of the molecule is CCCC(CN)N1CCc2ccccc21. The van der Waals surface area contributed by atoms with E-state index in [-0.39, 0.29) is 0 Å². The van der Waals surface area contributed by atoms with Crippen LogP contribution in [0.1, 0.15) is 25.3 Å². The van der Waals surface area contributed by atoms with Crippen LogP contribution in [-0.4, -0.2) is 19.1 Å². The molecule has 1 atom stereocenters. The summed E-state index contributed by atoms with van der Waals surface area (Å²) in [4.78, 5) is 2.48. The number of nitrogens with two attached hydrogens (primary N) is 1. The Morgan fingerprint density at radius 2 is 2.20 bits per heavy atom. The summed E-state index contributed by atoms with van der Waals surface area (Å²) in [6.45, 7) is 4.13. The highest BCUT2D eigenvalue weighted by atomic mass is 15.2. The van der Waals surface area contributed by atoms with Crippen molar-refractivity contribution in [3.05, 3.63) is 29.8 Å². The van der Waals surface area contributed by atoms with Crippen molar-refractivity contribution in [1.29, 1.82) is 0 Å². The van der Waals surface area contributed by atoms with E-state index < -0.39 is 0 Å². The molecule has 15 heavy (non-hydrogen) atoms. The van der Waals surface area contributed by atoms with Gasteiger partial charge in [-0.25, -0.2) is 0 Å². The third kappa shape index (κ3) is 2.00. The van der Waals surface area contributed by atoms with Crippen LogP contribution in [0, 0.1) is 0 Å². The number of hydrogen-bond acceptors (Lipinski definition) is 2.